The van der Waals surface area contributed by atoms with Crippen LogP contribution in [0.15, 0.2) is 12.2 Å². The van der Waals surface area contributed by atoms with Gasteiger partial charge in [0.05, 0.1) is 0 Å². The Morgan fingerprint density at radius 3 is 2.14 bits per heavy atom. The summed E-state index contributed by atoms with van der Waals surface area (Å²) in [6, 6.07) is 0.302. The van der Waals surface area contributed by atoms with E-state index < -0.39 is 0 Å². The Kier molecular flexibility index (Phi) is 6.90. The Balaban J connectivity index is 3.80. The highest BCUT2D eigenvalue weighted by atomic mass is 14.6. The summed E-state index contributed by atoms with van der Waals surface area (Å²) in [5.74, 6) is 1.45. The van der Waals surface area contributed by atoms with E-state index in [-0.39, 0.29) is 0 Å². The molecule has 0 bridgehead atoms. The molecule has 0 aromatic carbocycles. The molecule has 0 amide bonds. The van der Waals surface area contributed by atoms with Crippen molar-refractivity contribution in [2.75, 3.05) is 0 Å². The van der Waals surface area contributed by atoms with Crippen molar-refractivity contribution in [3.8, 4) is 0 Å². The summed E-state index contributed by atoms with van der Waals surface area (Å²) >= 11 is 0. The molecule has 0 aliphatic carbocycles. The number of nitrogens with two attached hydrogens (primary N) is 1. The molecule has 0 radical (unpaired) electrons. The third-order valence-corrected chi connectivity index (χ3v) is 2.69. The quantitative estimate of drug-likeness (QED) is 0.618. The third kappa shape index (κ3) is 7.14. The normalized spacial score (nSPS) is 15.6. The van der Waals surface area contributed by atoms with E-state index in [4.69, 9.17) is 5.73 Å². The molecule has 2 N–H and O–H groups in total. The van der Waals surface area contributed by atoms with Gasteiger partial charge in [-0.1, -0.05) is 38.8 Å². The average Bonchev–Trinajstić information content (AvgIpc) is 2.00. The first-order valence-corrected chi connectivity index (χ1v) is 5.84. The fourth-order valence-corrected chi connectivity index (χ4v) is 1.79. The van der Waals surface area contributed by atoms with Gasteiger partial charge in [-0.3, -0.25) is 0 Å². The zero-order valence-corrected chi connectivity index (χ0v) is 10.3. The predicted octanol–water partition coefficient (Wildman–Crippen LogP) is 3.74. The summed E-state index contributed by atoms with van der Waals surface area (Å²) in [5, 5.41) is 0. The largest absolute Gasteiger partial charge is 0.328 e. The molecular formula is C13H27N. The van der Waals surface area contributed by atoms with Gasteiger partial charge in [0.1, 0.15) is 0 Å². The molecule has 0 saturated heterocycles. The van der Waals surface area contributed by atoms with E-state index in [0.29, 0.717) is 12.0 Å². The van der Waals surface area contributed by atoms with Gasteiger partial charge in [-0.25, -0.2) is 0 Å². The molecule has 2 atom stereocenters. The molecule has 0 spiro atoms. The average molecular weight is 197 g/mol. The van der Waals surface area contributed by atoms with Crippen LogP contribution in [0.1, 0.15) is 53.4 Å². The summed E-state index contributed by atoms with van der Waals surface area (Å²) in [4.78, 5) is 0. The van der Waals surface area contributed by atoms with Crippen LogP contribution in [-0.2, 0) is 0 Å². The third-order valence-electron chi connectivity index (χ3n) is 2.69. The van der Waals surface area contributed by atoms with Crippen molar-refractivity contribution in [1.29, 1.82) is 0 Å². The van der Waals surface area contributed by atoms with Crippen molar-refractivity contribution >= 4 is 0 Å². The van der Waals surface area contributed by atoms with E-state index in [0.717, 1.165) is 12.3 Å². The summed E-state index contributed by atoms with van der Waals surface area (Å²) in [5.41, 5.74) is 7.12. The highest BCUT2D eigenvalue weighted by Crippen LogP contribution is 2.22. The first kappa shape index (κ1) is 13.7. The maximum atomic E-state index is 5.82. The van der Waals surface area contributed by atoms with Gasteiger partial charge < -0.3 is 5.73 Å². The minimum absolute atomic E-state index is 0.302. The lowest BCUT2D eigenvalue weighted by molar-refractivity contribution is 0.430. The maximum absolute atomic E-state index is 5.82. The van der Waals surface area contributed by atoms with Crippen LogP contribution in [0, 0.1) is 11.8 Å². The van der Waals surface area contributed by atoms with Crippen LogP contribution < -0.4 is 5.73 Å². The summed E-state index contributed by atoms with van der Waals surface area (Å²) in [7, 11) is 0. The van der Waals surface area contributed by atoms with Gasteiger partial charge in [0, 0.05) is 6.04 Å². The Morgan fingerprint density at radius 1 is 1.21 bits per heavy atom. The first-order chi connectivity index (χ1) is 6.43. The molecule has 1 unspecified atom stereocenters. The number of hydrogen-bond donors (Lipinski definition) is 1. The minimum Gasteiger partial charge on any atom is -0.328 e. The molecule has 84 valence electrons. The fourth-order valence-electron chi connectivity index (χ4n) is 1.79. The minimum atomic E-state index is 0.302. The molecular weight excluding hydrogens is 170 g/mol. The van der Waals surface area contributed by atoms with Gasteiger partial charge >= 0.3 is 0 Å². The molecule has 0 aromatic rings. The molecule has 0 aromatic heterocycles. The van der Waals surface area contributed by atoms with Crippen LogP contribution in [-0.4, -0.2) is 6.04 Å². The van der Waals surface area contributed by atoms with Crippen LogP contribution in [0.5, 0.6) is 0 Å². The zero-order valence-electron chi connectivity index (χ0n) is 10.3. The van der Waals surface area contributed by atoms with E-state index in [2.05, 4.69) is 34.3 Å². The highest BCUT2D eigenvalue weighted by molar-refractivity contribution is 4.96. The Bertz CT molecular complexity index is 159. The molecule has 0 aliphatic rings. The van der Waals surface area contributed by atoms with E-state index >= 15 is 0 Å². The SMILES string of the molecule is C=C(C)C(CCCC(C)C)C[C@@H](C)N. The van der Waals surface area contributed by atoms with E-state index in [9.17, 15) is 0 Å². The summed E-state index contributed by atoms with van der Waals surface area (Å²) in [6.45, 7) is 12.8. The van der Waals surface area contributed by atoms with E-state index in [1.807, 2.05) is 0 Å². The monoisotopic (exact) mass is 197 g/mol. The standard InChI is InChI=1S/C13H27N/c1-10(2)7-6-8-13(11(3)4)9-12(5)14/h10,12-13H,3,6-9,14H2,1-2,4-5H3/t12-,13?/m1/s1. The van der Waals surface area contributed by atoms with Crippen molar-refractivity contribution in [3.63, 3.8) is 0 Å². The number of hydrogen-bond acceptors (Lipinski definition) is 1. The van der Waals surface area contributed by atoms with Gasteiger partial charge in [-0.05, 0) is 38.5 Å². The summed E-state index contributed by atoms with van der Waals surface area (Å²) < 4.78 is 0. The van der Waals surface area contributed by atoms with E-state index in [1.54, 1.807) is 0 Å². The number of allylic oxidation sites excluding steroid dienone is 1. The van der Waals surface area contributed by atoms with Crippen LogP contribution >= 0.6 is 0 Å². The number of rotatable bonds is 7. The van der Waals surface area contributed by atoms with Gasteiger partial charge in [0.15, 0.2) is 0 Å². The Morgan fingerprint density at radius 2 is 1.79 bits per heavy atom. The topological polar surface area (TPSA) is 26.0 Å². The molecule has 14 heavy (non-hydrogen) atoms. The smallest absolute Gasteiger partial charge is 0.00161 e. The Hall–Kier alpha value is -0.300. The Labute approximate surface area is 89.8 Å². The lowest BCUT2D eigenvalue weighted by Gasteiger charge is -2.19. The molecule has 0 aliphatic heterocycles. The second-order valence-corrected chi connectivity index (χ2v) is 5.08. The van der Waals surface area contributed by atoms with Crippen molar-refractivity contribution in [2.45, 2.75) is 59.4 Å². The summed E-state index contributed by atoms with van der Waals surface area (Å²) in [6.07, 6.45) is 4.98. The van der Waals surface area contributed by atoms with Gasteiger partial charge in [-0.2, -0.15) is 0 Å². The highest BCUT2D eigenvalue weighted by Gasteiger charge is 2.11. The molecule has 0 saturated carbocycles. The van der Waals surface area contributed by atoms with Gasteiger partial charge in [0.2, 0.25) is 0 Å². The maximum Gasteiger partial charge on any atom is 0.00161 e. The van der Waals surface area contributed by atoms with E-state index in [1.165, 1.54) is 24.8 Å². The fraction of sp³-hybridized carbons (Fsp3) is 0.846. The van der Waals surface area contributed by atoms with Gasteiger partial charge in [-0.15, -0.1) is 0 Å². The zero-order chi connectivity index (χ0) is 11.1. The van der Waals surface area contributed by atoms with Crippen molar-refractivity contribution < 1.29 is 0 Å². The second kappa shape index (κ2) is 7.05. The van der Waals surface area contributed by atoms with Crippen molar-refractivity contribution in [2.24, 2.45) is 17.6 Å². The van der Waals surface area contributed by atoms with Crippen LogP contribution in [0.4, 0.5) is 0 Å². The van der Waals surface area contributed by atoms with Crippen LogP contribution in [0.2, 0.25) is 0 Å². The van der Waals surface area contributed by atoms with Crippen molar-refractivity contribution in [1.82, 2.24) is 0 Å². The molecule has 0 heterocycles. The van der Waals surface area contributed by atoms with Gasteiger partial charge in [0.25, 0.3) is 0 Å². The molecule has 0 fully saturated rings. The second-order valence-electron chi connectivity index (χ2n) is 5.08. The predicted molar refractivity (Wildman–Crippen MR) is 65.3 cm³/mol. The lowest BCUT2D eigenvalue weighted by Crippen LogP contribution is -2.20. The van der Waals surface area contributed by atoms with Crippen LogP contribution in [0.3, 0.4) is 0 Å². The molecule has 1 nitrogen and oxygen atoms in total. The van der Waals surface area contributed by atoms with Crippen LogP contribution in [0.25, 0.3) is 0 Å². The van der Waals surface area contributed by atoms with Crippen molar-refractivity contribution in [3.05, 3.63) is 12.2 Å². The molecule has 0 rings (SSSR count). The first-order valence-electron chi connectivity index (χ1n) is 5.84. The molecule has 1 heteroatoms. The lowest BCUT2D eigenvalue weighted by atomic mass is 9.88.